The quantitative estimate of drug-likeness (QED) is 0.472. The number of nitrogens with zero attached hydrogens (tertiary/aromatic N) is 3. The van der Waals surface area contributed by atoms with Gasteiger partial charge in [-0.1, -0.05) is 0 Å². The van der Waals surface area contributed by atoms with Crippen molar-refractivity contribution >= 4 is 29.9 Å². The van der Waals surface area contributed by atoms with Gasteiger partial charge in [0.1, 0.15) is 0 Å². The van der Waals surface area contributed by atoms with Crippen molar-refractivity contribution in [1.29, 1.82) is 0 Å². The maximum absolute atomic E-state index is 5.00. The Bertz CT molecular complexity index is 466. The fourth-order valence-electron chi connectivity index (χ4n) is 1.52. The topological polar surface area (TPSA) is 67.4 Å². The maximum Gasteiger partial charge on any atom is 0.191 e. The second kappa shape index (κ2) is 8.57. The Hall–Kier alpha value is -1.51. The van der Waals surface area contributed by atoms with Crippen LogP contribution in [0.4, 0.5) is 0 Å². The van der Waals surface area contributed by atoms with Crippen molar-refractivity contribution in [3.05, 3.63) is 42.9 Å². The molecule has 0 spiro atoms. The molecular weight excluding hydrogens is 357 g/mol. The van der Waals surface area contributed by atoms with Gasteiger partial charge in [0.15, 0.2) is 5.96 Å². The Balaban J connectivity index is 0.00000180. The van der Waals surface area contributed by atoms with E-state index >= 15 is 0 Å². The number of guanidine groups is 1. The van der Waals surface area contributed by atoms with Crippen LogP contribution < -0.4 is 10.6 Å². The molecule has 7 heteroatoms. The molecule has 0 amide bonds. The molecule has 0 aliphatic heterocycles. The van der Waals surface area contributed by atoms with Gasteiger partial charge in [0.25, 0.3) is 0 Å². The first-order chi connectivity index (χ1) is 8.88. The number of aliphatic imine (C=N–C) groups is 1. The summed E-state index contributed by atoms with van der Waals surface area (Å²) in [6.45, 7) is 2.34. The van der Waals surface area contributed by atoms with Gasteiger partial charge in [0.2, 0.25) is 0 Å². The fraction of sp³-hybridized carbons (Fsp3) is 0.333. The van der Waals surface area contributed by atoms with Crippen LogP contribution in [-0.2, 0) is 13.1 Å². The number of aromatic nitrogens is 2. The zero-order valence-corrected chi connectivity index (χ0v) is 13.1. The Labute approximate surface area is 129 Å². The average Bonchev–Trinajstić information content (AvgIpc) is 3.06. The molecule has 2 rings (SSSR count). The van der Waals surface area contributed by atoms with Gasteiger partial charge in [0.05, 0.1) is 18.9 Å². The summed E-state index contributed by atoms with van der Waals surface area (Å²) >= 11 is 0. The van der Waals surface area contributed by atoms with Crippen LogP contribution in [-0.4, -0.2) is 29.1 Å². The van der Waals surface area contributed by atoms with Gasteiger partial charge in [-0.05, 0) is 6.07 Å². The molecule has 2 N–H and O–H groups in total. The molecule has 0 saturated carbocycles. The molecule has 19 heavy (non-hydrogen) atoms. The second-order valence-corrected chi connectivity index (χ2v) is 3.78. The van der Waals surface area contributed by atoms with Crippen molar-refractivity contribution in [2.24, 2.45) is 4.99 Å². The predicted molar refractivity (Wildman–Crippen MR) is 84.6 cm³/mol. The minimum atomic E-state index is 0. The SMILES string of the molecule is CN=C(NCCn1ccnc1)NCc1ccoc1.I. The standard InChI is InChI=1S/C12H17N5O.HI/c1-13-12(16-8-11-2-7-18-9-11)15-4-6-17-5-3-14-10-17;/h2-3,5,7,9-10H,4,6,8H2,1H3,(H2,13,15,16);1H. The lowest BCUT2D eigenvalue weighted by atomic mass is 10.3. The molecule has 0 saturated heterocycles. The Morgan fingerprint density at radius 3 is 3.00 bits per heavy atom. The van der Waals surface area contributed by atoms with Gasteiger partial charge in [-0.25, -0.2) is 4.98 Å². The molecule has 0 unspecified atom stereocenters. The van der Waals surface area contributed by atoms with Crippen LogP contribution in [0.25, 0.3) is 0 Å². The normalized spacial score (nSPS) is 10.9. The van der Waals surface area contributed by atoms with E-state index in [1.807, 2.05) is 16.8 Å². The molecule has 0 atom stereocenters. The number of hydrogen-bond acceptors (Lipinski definition) is 3. The summed E-state index contributed by atoms with van der Waals surface area (Å²) in [5.41, 5.74) is 1.09. The average molecular weight is 375 g/mol. The van der Waals surface area contributed by atoms with Gasteiger partial charge in [-0.15, -0.1) is 24.0 Å². The van der Waals surface area contributed by atoms with Crippen LogP contribution in [0.2, 0.25) is 0 Å². The minimum absolute atomic E-state index is 0. The summed E-state index contributed by atoms with van der Waals surface area (Å²) in [6.07, 6.45) is 8.87. The van der Waals surface area contributed by atoms with Crippen LogP contribution >= 0.6 is 24.0 Å². The zero-order chi connectivity index (χ0) is 12.6. The fourth-order valence-corrected chi connectivity index (χ4v) is 1.52. The maximum atomic E-state index is 5.00. The lowest BCUT2D eigenvalue weighted by Gasteiger charge is -2.11. The zero-order valence-electron chi connectivity index (χ0n) is 10.7. The molecule has 2 heterocycles. The number of hydrogen-bond donors (Lipinski definition) is 2. The molecule has 2 aromatic rings. The highest BCUT2D eigenvalue weighted by molar-refractivity contribution is 14.0. The van der Waals surface area contributed by atoms with Crippen LogP contribution in [0.5, 0.6) is 0 Å². The lowest BCUT2D eigenvalue weighted by molar-refractivity contribution is 0.563. The van der Waals surface area contributed by atoms with Gasteiger partial charge in [0, 0.05) is 44.6 Å². The van der Waals surface area contributed by atoms with E-state index in [0.29, 0.717) is 6.54 Å². The molecule has 0 aliphatic carbocycles. The van der Waals surface area contributed by atoms with Gasteiger partial charge >= 0.3 is 0 Å². The van der Waals surface area contributed by atoms with Crippen molar-refractivity contribution in [1.82, 2.24) is 20.2 Å². The summed E-state index contributed by atoms with van der Waals surface area (Å²) in [5, 5.41) is 6.44. The largest absolute Gasteiger partial charge is 0.472 e. The first kappa shape index (κ1) is 15.5. The molecule has 0 aromatic carbocycles. The first-order valence-electron chi connectivity index (χ1n) is 5.80. The van der Waals surface area contributed by atoms with Crippen LogP contribution in [0.15, 0.2) is 46.7 Å². The van der Waals surface area contributed by atoms with E-state index in [4.69, 9.17) is 4.42 Å². The highest BCUT2D eigenvalue weighted by atomic mass is 127. The van der Waals surface area contributed by atoms with E-state index in [0.717, 1.165) is 24.6 Å². The highest BCUT2D eigenvalue weighted by Crippen LogP contribution is 1.98. The minimum Gasteiger partial charge on any atom is -0.472 e. The number of rotatable bonds is 5. The summed E-state index contributed by atoms with van der Waals surface area (Å²) in [4.78, 5) is 8.13. The molecule has 0 radical (unpaired) electrons. The molecular formula is C12H18IN5O. The van der Waals surface area contributed by atoms with E-state index in [9.17, 15) is 0 Å². The summed E-state index contributed by atoms with van der Waals surface area (Å²) in [5.74, 6) is 0.774. The molecule has 2 aromatic heterocycles. The second-order valence-electron chi connectivity index (χ2n) is 3.78. The Morgan fingerprint density at radius 2 is 2.37 bits per heavy atom. The summed E-state index contributed by atoms with van der Waals surface area (Å²) < 4.78 is 7.01. The molecule has 0 fully saturated rings. The Kier molecular flexibility index (Phi) is 7.01. The number of nitrogens with one attached hydrogen (secondary N) is 2. The summed E-state index contributed by atoms with van der Waals surface area (Å²) in [7, 11) is 1.75. The molecule has 0 bridgehead atoms. The van der Waals surface area contributed by atoms with Crippen molar-refractivity contribution in [2.75, 3.05) is 13.6 Å². The molecule has 104 valence electrons. The van der Waals surface area contributed by atoms with E-state index in [-0.39, 0.29) is 24.0 Å². The van der Waals surface area contributed by atoms with Crippen molar-refractivity contribution in [3.8, 4) is 0 Å². The van der Waals surface area contributed by atoms with Crippen LogP contribution in [0.1, 0.15) is 5.56 Å². The number of imidazole rings is 1. The molecule has 6 nitrogen and oxygen atoms in total. The van der Waals surface area contributed by atoms with Crippen molar-refractivity contribution < 1.29 is 4.42 Å². The third-order valence-electron chi connectivity index (χ3n) is 2.49. The van der Waals surface area contributed by atoms with Crippen molar-refractivity contribution in [2.45, 2.75) is 13.1 Å². The predicted octanol–water partition coefficient (Wildman–Crippen LogP) is 1.46. The van der Waals surface area contributed by atoms with E-state index in [1.165, 1.54) is 0 Å². The number of furan rings is 1. The van der Waals surface area contributed by atoms with E-state index in [1.54, 1.807) is 32.1 Å². The number of halogens is 1. The highest BCUT2D eigenvalue weighted by Gasteiger charge is 1.98. The summed E-state index contributed by atoms with van der Waals surface area (Å²) in [6, 6.07) is 1.92. The van der Waals surface area contributed by atoms with Crippen LogP contribution in [0, 0.1) is 0 Å². The third kappa shape index (κ3) is 5.33. The van der Waals surface area contributed by atoms with Gasteiger partial charge in [-0.3, -0.25) is 4.99 Å². The smallest absolute Gasteiger partial charge is 0.191 e. The monoisotopic (exact) mass is 375 g/mol. The van der Waals surface area contributed by atoms with Crippen molar-refractivity contribution in [3.63, 3.8) is 0 Å². The molecule has 0 aliphatic rings. The first-order valence-corrected chi connectivity index (χ1v) is 5.80. The Morgan fingerprint density at radius 1 is 1.47 bits per heavy atom. The lowest BCUT2D eigenvalue weighted by Crippen LogP contribution is -2.38. The van der Waals surface area contributed by atoms with E-state index in [2.05, 4.69) is 20.6 Å². The van der Waals surface area contributed by atoms with Crippen LogP contribution in [0.3, 0.4) is 0 Å². The van der Waals surface area contributed by atoms with E-state index < -0.39 is 0 Å². The van der Waals surface area contributed by atoms with Gasteiger partial charge < -0.3 is 19.6 Å². The third-order valence-corrected chi connectivity index (χ3v) is 2.49. The van der Waals surface area contributed by atoms with Gasteiger partial charge in [-0.2, -0.15) is 0 Å².